The van der Waals surface area contributed by atoms with Gasteiger partial charge in [0.2, 0.25) is 5.91 Å². The molecule has 0 saturated carbocycles. The molecule has 0 fully saturated rings. The summed E-state index contributed by atoms with van der Waals surface area (Å²) in [4.78, 5) is 14.6. The number of carbonyl (C=O) groups is 1. The van der Waals surface area contributed by atoms with Crippen LogP contribution in [0, 0.1) is 5.82 Å². The second kappa shape index (κ2) is 10.7. The second-order valence-corrected chi connectivity index (χ2v) is 8.79. The van der Waals surface area contributed by atoms with Crippen LogP contribution in [-0.4, -0.2) is 45.2 Å². The number of halogens is 1. The van der Waals surface area contributed by atoms with Gasteiger partial charge in [-0.2, -0.15) is 0 Å². The van der Waals surface area contributed by atoms with Crippen LogP contribution < -0.4 is 5.32 Å². The first-order valence-corrected chi connectivity index (χ1v) is 11.9. The largest absolute Gasteiger partial charge is 0.464 e. The van der Waals surface area contributed by atoms with Gasteiger partial charge in [-0.3, -0.25) is 9.69 Å². The van der Waals surface area contributed by atoms with Crippen molar-refractivity contribution in [3.63, 3.8) is 0 Å². The van der Waals surface area contributed by atoms with Crippen molar-refractivity contribution in [1.29, 1.82) is 0 Å². The third-order valence-corrected chi connectivity index (χ3v) is 6.31. The molecular weight excluding hydrogens is 445 g/mol. The van der Waals surface area contributed by atoms with E-state index in [9.17, 15) is 9.18 Å². The van der Waals surface area contributed by atoms with Gasteiger partial charge < -0.3 is 14.3 Å². The van der Waals surface area contributed by atoms with E-state index in [2.05, 4.69) is 49.2 Å². The fourth-order valence-electron chi connectivity index (χ4n) is 4.41. The molecule has 180 valence electrons. The summed E-state index contributed by atoms with van der Waals surface area (Å²) in [7, 11) is 0. The van der Waals surface area contributed by atoms with Crippen molar-refractivity contribution in [3.8, 4) is 11.3 Å². The monoisotopic (exact) mass is 473 g/mol. The van der Waals surface area contributed by atoms with Crippen LogP contribution >= 0.6 is 0 Å². The van der Waals surface area contributed by atoms with Gasteiger partial charge in [-0.05, 0) is 35.4 Å². The predicted molar refractivity (Wildman–Crippen MR) is 130 cm³/mol. The van der Waals surface area contributed by atoms with Crippen molar-refractivity contribution in [2.45, 2.75) is 32.4 Å². The summed E-state index contributed by atoms with van der Waals surface area (Å²) in [6.07, 6.45) is 3.38. The van der Waals surface area contributed by atoms with Crippen molar-refractivity contribution in [1.82, 2.24) is 25.0 Å². The number of hydrogen-bond acceptors (Lipinski definition) is 5. The van der Waals surface area contributed by atoms with E-state index in [0.717, 1.165) is 61.1 Å². The number of hydrogen-bond donors (Lipinski definition) is 1. The van der Waals surface area contributed by atoms with Crippen LogP contribution in [0.2, 0.25) is 0 Å². The van der Waals surface area contributed by atoms with Crippen LogP contribution in [0.15, 0.2) is 71.3 Å². The quantitative estimate of drug-likeness (QED) is 0.423. The molecule has 1 amide bonds. The molecule has 0 bridgehead atoms. The van der Waals surface area contributed by atoms with Gasteiger partial charge >= 0.3 is 0 Å². The number of nitrogens with zero attached hydrogens (tertiary/aromatic N) is 4. The normalized spacial score (nSPS) is 13.9. The summed E-state index contributed by atoms with van der Waals surface area (Å²) in [5.41, 5.74) is 3.13. The number of carbonyl (C=O) groups excluding carboxylic acids is 1. The number of furan rings is 1. The van der Waals surface area contributed by atoms with E-state index in [1.807, 2.05) is 12.1 Å². The minimum atomic E-state index is -0.303. The van der Waals surface area contributed by atoms with Crippen LogP contribution in [0.25, 0.3) is 11.3 Å². The first kappa shape index (κ1) is 23.0. The van der Waals surface area contributed by atoms with Crippen molar-refractivity contribution >= 4 is 5.91 Å². The predicted octanol–water partition coefficient (Wildman–Crippen LogP) is 3.64. The van der Waals surface area contributed by atoms with Crippen LogP contribution in [0.5, 0.6) is 0 Å². The van der Waals surface area contributed by atoms with Crippen LogP contribution in [0.4, 0.5) is 4.39 Å². The minimum absolute atomic E-state index is 0.0866. The molecule has 0 spiro atoms. The number of rotatable bonds is 8. The van der Waals surface area contributed by atoms with Gasteiger partial charge in [0.15, 0.2) is 0 Å². The Morgan fingerprint density at radius 3 is 2.54 bits per heavy atom. The van der Waals surface area contributed by atoms with Crippen LogP contribution in [0.1, 0.15) is 22.8 Å². The van der Waals surface area contributed by atoms with Crippen molar-refractivity contribution in [3.05, 3.63) is 95.5 Å². The molecule has 0 saturated heterocycles. The van der Waals surface area contributed by atoms with Crippen LogP contribution in [-0.2, 0) is 37.1 Å². The molecule has 3 heterocycles. The van der Waals surface area contributed by atoms with E-state index in [4.69, 9.17) is 4.42 Å². The summed E-state index contributed by atoms with van der Waals surface area (Å²) < 4.78 is 20.7. The molecule has 8 heteroatoms. The summed E-state index contributed by atoms with van der Waals surface area (Å²) >= 11 is 0. The summed E-state index contributed by atoms with van der Waals surface area (Å²) in [6.45, 7) is 4.03. The Kier molecular flexibility index (Phi) is 6.99. The van der Waals surface area contributed by atoms with Gasteiger partial charge in [0, 0.05) is 51.1 Å². The van der Waals surface area contributed by atoms with E-state index in [1.165, 1.54) is 17.7 Å². The standard InChI is InChI=1S/C27H28FN5O2/c28-23-9-5-20(6-10-23)18-27(34)29-13-11-25-30-31-26-12-14-32(15-16-33(25)26)19-21-3-7-22(8-4-21)24-2-1-17-35-24/h1-10,17H,11-16,18-19H2,(H,29,34). The Bertz CT molecular complexity index is 1250. The zero-order chi connectivity index (χ0) is 24.0. The Morgan fingerprint density at radius 1 is 0.971 bits per heavy atom. The molecule has 0 atom stereocenters. The molecule has 4 aromatic rings. The van der Waals surface area contributed by atoms with Crippen molar-refractivity contribution < 1.29 is 13.6 Å². The molecule has 0 radical (unpaired) electrons. The van der Waals surface area contributed by atoms with Crippen molar-refractivity contribution in [2.24, 2.45) is 0 Å². The highest BCUT2D eigenvalue weighted by molar-refractivity contribution is 5.78. The molecular formula is C27H28FN5O2. The maximum atomic E-state index is 13.0. The molecule has 1 aliphatic heterocycles. The number of benzene rings is 2. The molecule has 1 aliphatic rings. The Hall–Kier alpha value is -3.78. The fourth-order valence-corrected chi connectivity index (χ4v) is 4.41. The minimum Gasteiger partial charge on any atom is -0.464 e. The zero-order valence-electron chi connectivity index (χ0n) is 19.5. The van der Waals surface area contributed by atoms with Gasteiger partial charge in [0.25, 0.3) is 0 Å². The molecule has 35 heavy (non-hydrogen) atoms. The Labute approximate surface area is 203 Å². The maximum Gasteiger partial charge on any atom is 0.224 e. The van der Waals surface area contributed by atoms with E-state index >= 15 is 0 Å². The Morgan fingerprint density at radius 2 is 1.77 bits per heavy atom. The first-order valence-electron chi connectivity index (χ1n) is 11.9. The van der Waals surface area contributed by atoms with Gasteiger partial charge in [-0.15, -0.1) is 10.2 Å². The fraction of sp³-hybridized carbons (Fsp3) is 0.296. The molecule has 1 N–H and O–H groups in total. The summed E-state index contributed by atoms with van der Waals surface area (Å²) in [5, 5.41) is 11.7. The highest BCUT2D eigenvalue weighted by atomic mass is 19.1. The third kappa shape index (κ3) is 5.84. The molecule has 7 nitrogen and oxygen atoms in total. The highest BCUT2D eigenvalue weighted by Crippen LogP contribution is 2.21. The van der Waals surface area contributed by atoms with Gasteiger partial charge in [0.1, 0.15) is 23.2 Å². The Balaban J connectivity index is 1.11. The van der Waals surface area contributed by atoms with E-state index in [-0.39, 0.29) is 18.1 Å². The second-order valence-electron chi connectivity index (χ2n) is 8.79. The molecule has 2 aromatic carbocycles. The molecule has 0 unspecified atom stereocenters. The lowest BCUT2D eigenvalue weighted by molar-refractivity contribution is -0.120. The number of aromatic nitrogens is 3. The van der Waals surface area contributed by atoms with Crippen LogP contribution in [0.3, 0.4) is 0 Å². The number of nitrogens with one attached hydrogen (secondary N) is 1. The van der Waals surface area contributed by atoms with E-state index < -0.39 is 0 Å². The maximum absolute atomic E-state index is 13.0. The lowest BCUT2D eigenvalue weighted by Crippen LogP contribution is -2.28. The highest BCUT2D eigenvalue weighted by Gasteiger charge is 2.19. The molecule has 0 aliphatic carbocycles. The topological polar surface area (TPSA) is 76.2 Å². The third-order valence-electron chi connectivity index (χ3n) is 6.31. The zero-order valence-corrected chi connectivity index (χ0v) is 19.5. The van der Waals surface area contributed by atoms with Crippen molar-refractivity contribution in [2.75, 3.05) is 19.6 Å². The average molecular weight is 474 g/mol. The lowest BCUT2D eigenvalue weighted by Gasteiger charge is -2.19. The smallest absolute Gasteiger partial charge is 0.224 e. The summed E-state index contributed by atoms with van der Waals surface area (Å²) in [5.74, 6) is 2.38. The molecule has 5 rings (SSSR count). The van der Waals surface area contributed by atoms with Gasteiger partial charge in [0.05, 0.1) is 12.7 Å². The number of amides is 1. The summed E-state index contributed by atoms with van der Waals surface area (Å²) in [6, 6.07) is 18.4. The average Bonchev–Trinajstić information content (AvgIpc) is 3.49. The van der Waals surface area contributed by atoms with E-state index in [1.54, 1.807) is 18.4 Å². The van der Waals surface area contributed by atoms with Gasteiger partial charge in [-0.1, -0.05) is 36.4 Å². The SMILES string of the molecule is O=C(Cc1ccc(F)cc1)NCCc1nnc2n1CCN(Cc1ccc(-c3ccco3)cc1)CC2. The first-order chi connectivity index (χ1) is 17.1. The van der Waals surface area contributed by atoms with Gasteiger partial charge in [-0.25, -0.2) is 4.39 Å². The van der Waals surface area contributed by atoms with E-state index in [0.29, 0.717) is 13.0 Å². The number of fused-ring (bicyclic) bond motifs is 1. The molecule has 2 aromatic heterocycles. The lowest BCUT2D eigenvalue weighted by atomic mass is 10.1.